The van der Waals surface area contributed by atoms with Gasteiger partial charge in [0.1, 0.15) is 5.82 Å². The lowest BCUT2D eigenvalue weighted by molar-refractivity contribution is -0.127. The Labute approximate surface area is 191 Å². The van der Waals surface area contributed by atoms with Crippen molar-refractivity contribution >= 4 is 38.9 Å². The number of nitrogens with zero attached hydrogens (tertiary/aromatic N) is 4. The summed E-state index contributed by atoms with van der Waals surface area (Å²) in [5, 5.41) is 8.12. The molecule has 0 aliphatic carbocycles. The second kappa shape index (κ2) is 8.60. The van der Waals surface area contributed by atoms with Crippen LogP contribution in [0.5, 0.6) is 0 Å². The van der Waals surface area contributed by atoms with Crippen molar-refractivity contribution in [3.05, 3.63) is 60.9 Å². The predicted molar refractivity (Wildman–Crippen MR) is 124 cm³/mol. The molecule has 0 saturated heterocycles. The first-order valence-corrected chi connectivity index (χ1v) is 11.4. The van der Waals surface area contributed by atoms with Gasteiger partial charge in [-0.05, 0) is 43.3 Å². The molecule has 1 aliphatic rings. The summed E-state index contributed by atoms with van der Waals surface area (Å²) >= 11 is 0. The molecule has 10 nitrogen and oxygen atoms in total. The Morgan fingerprint density at radius 1 is 1.15 bits per heavy atom. The Balaban J connectivity index is 1.51. The van der Waals surface area contributed by atoms with Gasteiger partial charge in [-0.2, -0.15) is 10.1 Å². The minimum Gasteiger partial charge on any atom is -0.345 e. The van der Waals surface area contributed by atoms with Crippen molar-refractivity contribution in [3.63, 3.8) is 0 Å². The molecule has 4 rings (SSSR count). The van der Waals surface area contributed by atoms with Gasteiger partial charge in [-0.1, -0.05) is 12.1 Å². The van der Waals surface area contributed by atoms with Crippen LogP contribution in [0.25, 0.3) is 11.4 Å². The van der Waals surface area contributed by atoms with Crippen LogP contribution in [0, 0.1) is 5.92 Å². The number of nitrogens with one attached hydrogen (secondary N) is 2. The maximum Gasteiger partial charge on any atom is 0.265 e. The molecule has 3 aromatic rings. The summed E-state index contributed by atoms with van der Waals surface area (Å²) < 4.78 is 25.6. The van der Waals surface area contributed by atoms with Crippen molar-refractivity contribution < 1.29 is 18.0 Å². The fraction of sp³-hybridized carbons (Fsp3) is 0.182. The number of sulfonamides is 1. The molecule has 2 N–H and O–H groups in total. The highest BCUT2D eigenvalue weighted by Gasteiger charge is 2.40. The normalized spacial score (nSPS) is 16.2. The van der Waals surface area contributed by atoms with Crippen molar-refractivity contribution in [2.24, 2.45) is 11.0 Å². The Hall–Kier alpha value is -3.83. The van der Waals surface area contributed by atoms with Crippen LogP contribution in [0.15, 0.2) is 70.9 Å². The van der Waals surface area contributed by atoms with E-state index < -0.39 is 27.8 Å². The second-order valence-electron chi connectivity index (χ2n) is 7.61. The Morgan fingerprint density at radius 3 is 2.52 bits per heavy atom. The number of aromatic nitrogens is 2. The summed E-state index contributed by atoms with van der Waals surface area (Å²) in [7, 11) is -0.719. The molecule has 0 spiro atoms. The molecule has 170 valence electrons. The number of rotatable bonds is 6. The van der Waals surface area contributed by atoms with Crippen LogP contribution in [0.4, 0.5) is 11.4 Å². The summed E-state index contributed by atoms with van der Waals surface area (Å²) in [6.07, 6.45) is 3.34. The minimum atomic E-state index is -3.60. The van der Waals surface area contributed by atoms with E-state index in [2.05, 4.69) is 20.4 Å². The topological polar surface area (TPSA) is 128 Å². The van der Waals surface area contributed by atoms with Crippen molar-refractivity contribution in [1.82, 2.24) is 14.3 Å². The first-order valence-electron chi connectivity index (χ1n) is 10.0. The number of benzene rings is 2. The van der Waals surface area contributed by atoms with E-state index >= 15 is 0 Å². The average Bonchev–Trinajstić information content (AvgIpc) is 3.42. The maximum atomic E-state index is 13.0. The average molecular weight is 467 g/mol. The van der Waals surface area contributed by atoms with E-state index in [4.69, 9.17) is 0 Å². The number of H-pyrrole nitrogens is 1. The van der Waals surface area contributed by atoms with Gasteiger partial charge in [0.05, 0.1) is 16.3 Å². The molecule has 2 heterocycles. The molecule has 0 radical (unpaired) electrons. The van der Waals surface area contributed by atoms with Gasteiger partial charge in [0, 0.05) is 37.7 Å². The molecule has 33 heavy (non-hydrogen) atoms. The molecule has 0 saturated carbocycles. The SMILES string of the molecule is CC1=NN(c2ccc(S(=O)(=O)N(C)C)cc2)C(=O)C1C(=O)Nc1cccc(-c2ncc[nH]2)c1. The number of hydrogen-bond donors (Lipinski definition) is 2. The van der Waals surface area contributed by atoms with Crippen molar-refractivity contribution in [2.45, 2.75) is 11.8 Å². The fourth-order valence-electron chi connectivity index (χ4n) is 3.40. The highest BCUT2D eigenvalue weighted by atomic mass is 32.2. The standard InChI is InChI=1S/C22H22N6O4S/c1-14-19(21(29)25-16-6-4-5-15(13-16)20-23-11-12-24-20)22(30)28(26-14)17-7-9-18(10-8-17)33(31,32)27(2)3/h4-13,19H,1-3H3,(H,23,24)(H,25,29). The summed E-state index contributed by atoms with van der Waals surface area (Å²) in [5.41, 5.74) is 2.01. The monoisotopic (exact) mass is 466 g/mol. The van der Waals surface area contributed by atoms with Gasteiger partial charge in [0.25, 0.3) is 5.91 Å². The zero-order valence-electron chi connectivity index (χ0n) is 18.2. The number of hydrazone groups is 1. The lowest BCUT2D eigenvalue weighted by Gasteiger charge is -2.16. The number of imidazole rings is 1. The van der Waals surface area contributed by atoms with Crippen LogP contribution >= 0.6 is 0 Å². The van der Waals surface area contributed by atoms with Crippen LogP contribution in [0.1, 0.15) is 6.92 Å². The summed E-state index contributed by atoms with van der Waals surface area (Å²) in [6, 6.07) is 12.9. The molecule has 1 aromatic heterocycles. The first-order chi connectivity index (χ1) is 15.7. The molecule has 11 heteroatoms. The predicted octanol–water partition coefficient (Wildman–Crippen LogP) is 2.30. The van der Waals surface area contributed by atoms with E-state index in [1.807, 2.05) is 6.07 Å². The molecular formula is C22H22N6O4S. The van der Waals surface area contributed by atoms with Crippen molar-refractivity contribution in [2.75, 3.05) is 24.4 Å². The van der Waals surface area contributed by atoms with Gasteiger partial charge in [-0.25, -0.2) is 17.7 Å². The molecule has 2 amide bonds. The molecule has 2 aromatic carbocycles. The van der Waals surface area contributed by atoms with Gasteiger partial charge >= 0.3 is 0 Å². The van der Waals surface area contributed by atoms with Gasteiger partial charge < -0.3 is 10.3 Å². The van der Waals surface area contributed by atoms with Gasteiger partial charge in [-0.3, -0.25) is 9.59 Å². The van der Waals surface area contributed by atoms with Crippen LogP contribution in [-0.4, -0.2) is 54.3 Å². The van der Waals surface area contributed by atoms with Crippen LogP contribution in [-0.2, 0) is 19.6 Å². The van der Waals surface area contributed by atoms with E-state index in [9.17, 15) is 18.0 Å². The maximum absolute atomic E-state index is 13.0. The largest absolute Gasteiger partial charge is 0.345 e. The number of aromatic amines is 1. The lowest BCUT2D eigenvalue weighted by Crippen LogP contribution is -2.36. The van der Waals surface area contributed by atoms with Crippen molar-refractivity contribution in [3.8, 4) is 11.4 Å². The summed E-state index contributed by atoms with van der Waals surface area (Å²) in [5.74, 6) is -1.46. The molecule has 1 atom stereocenters. The first kappa shape index (κ1) is 22.4. The van der Waals surface area contributed by atoms with Crippen LogP contribution in [0.3, 0.4) is 0 Å². The van der Waals surface area contributed by atoms with E-state index in [1.165, 1.54) is 38.4 Å². The highest BCUT2D eigenvalue weighted by Crippen LogP contribution is 2.27. The third-order valence-electron chi connectivity index (χ3n) is 5.16. The van der Waals surface area contributed by atoms with E-state index in [-0.39, 0.29) is 4.90 Å². The van der Waals surface area contributed by atoms with E-state index in [0.29, 0.717) is 22.9 Å². The van der Waals surface area contributed by atoms with E-state index in [1.54, 1.807) is 37.5 Å². The Kier molecular flexibility index (Phi) is 5.83. The zero-order chi connectivity index (χ0) is 23.8. The molecule has 1 aliphatic heterocycles. The van der Waals surface area contributed by atoms with Gasteiger partial charge in [-0.15, -0.1) is 0 Å². The van der Waals surface area contributed by atoms with E-state index in [0.717, 1.165) is 14.9 Å². The number of amides is 2. The molecular weight excluding hydrogens is 444 g/mol. The number of carbonyl (C=O) groups excluding carboxylic acids is 2. The molecule has 1 unspecified atom stereocenters. The quantitative estimate of drug-likeness (QED) is 0.539. The fourth-order valence-corrected chi connectivity index (χ4v) is 4.31. The third-order valence-corrected chi connectivity index (χ3v) is 6.98. The number of carbonyl (C=O) groups is 2. The zero-order valence-corrected chi connectivity index (χ0v) is 19.0. The Bertz CT molecular complexity index is 1330. The third kappa shape index (κ3) is 4.28. The lowest BCUT2D eigenvalue weighted by atomic mass is 10.0. The van der Waals surface area contributed by atoms with Crippen LogP contribution in [0.2, 0.25) is 0 Å². The highest BCUT2D eigenvalue weighted by molar-refractivity contribution is 7.89. The van der Waals surface area contributed by atoms with Gasteiger partial charge in [0.2, 0.25) is 15.9 Å². The minimum absolute atomic E-state index is 0.0920. The summed E-state index contributed by atoms with van der Waals surface area (Å²) in [4.78, 5) is 33.2. The van der Waals surface area contributed by atoms with Crippen LogP contribution < -0.4 is 10.3 Å². The van der Waals surface area contributed by atoms with Gasteiger partial charge in [0.15, 0.2) is 5.92 Å². The number of anilines is 2. The molecule has 0 bridgehead atoms. The smallest absolute Gasteiger partial charge is 0.265 e. The molecule has 0 fully saturated rings. The Morgan fingerprint density at radius 2 is 1.88 bits per heavy atom. The number of hydrogen-bond acceptors (Lipinski definition) is 6. The second-order valence-corrected chi connectivity index (χ2v) is 9.77. The summed E-state index contributed by atoms with van der Waals surface area (Å²) in [6.45, 7) is 1.60. The van der Waals surface area contributed by atoms with Crippen molar-refractivity contribution in [1.29, 1.82) is 0 Å².